The maximum Gasteiger partial charge on any atom is 0.0995 e. The van der Waals surface area contributed by atoms with Gasteiger partial charge in [-0.15, -0.1) is 0 Å². The number of aromatic nitrogens is 3. The zero-order valence-electron chi connectivity index (χ0n) is 9.71. The Morgan fingerprint density at radius 2 is 1.94 bits per heavy atom. The fourth-order valence-corrected chi connectivity index (χ4v) is 2.32. The Balaban J connectivity index is 1.83. The molecule has 88 valence electrons. The monoisotopic (exact) mass is 228 g/mol. The molecule has 4 nitrogen and oxygen atoms in total. The van der Waals surface area contributed by atoms with Gasteiger partial charge in [0.1, 0.15) is 0 Å². The third-order valence-electron chi connectivity index (χ3n) is 3.32. The highest BCUT2D eigenvalue weighted by Gasteiger charge is 2.17. The Morgan fingerprint density at radius 3 is 2.71 bits per heavy atom. The number of hydrogen-bond acceptors (Lipinski definition) is 3. The number of nitrogens with one attached hydrogen (secondary N) is 1. The predicted octanol–water partition coefficient (Wildman–Crippen LogP) is 1.73. The van der Waals surface area contributed by atoms with E-state index in [-0.39, 0.29) is 0 Å². The molecule has 4 heteroatoms. The maximum atomic E-state index is 4.53. The molecule has 1 fully saturated rings. The summed E-state index contributed by atoms with van der Waals surface area (Å²) < 4.78 is 2.07. The second-order valence-corrected chi connectivity index (χ2v) is 4.44. The molecule has 1 N–H and O–H groups in total. The molecule has 3 heterocycles. The van der Waals surface area contributed by atoms with Gasteiger partial charge in [-0.25, -0.2) is 4.98 Å². The summed E-state index contributed by atoms with van der Waals surface area (Å²) in [6.07, 6.45) is 10.0. The maximum absolute atomic E-state index is 4.53. The van der Waals surface area contributed by atoms with Crippen molar-refractivity contribution in [2.45, 2.75) is 18.8 Å². The molecule has 0 spiro atoms. The van der Waals surface area contributed by atoms with Crippen LogP contribution in [-0.4, -0.2) is 27.6 Å². The summed E-state index contributed by atoms with van der Waals surface area (Å²) in [6, 6.07) is 3.99. The Kier molecular flexibility index (Phi) is 2.88. The molecule has 0 saturated carbocycles. The molecule has 1 saturated heterocycles. The minimum Gasteiger partial charge on any atom is -0.317 e. The van der Waals surface area contributed by atoms with E-state index in [9.17, 15) is 0 Å². The summed E-state index contributed by atoms with van der Waals surface area (Å²) >= 11 is 0. The highest BCUT2D eigenvalue weighted by atomic mass is 15.0. The van der Waals surface area contributed by atoms with Crippen LogP contribution < -0.4 is 5.32 Å². The van der Waals surface area contributed by atoms with Crippen LogP contribution in [0.25, 0.3) is 5.69 Å². The number of hydrogen-bond donors (Lipinski definition) is 1. The van der Waals surface area contributed by atoms with Gasteiger partial charge in [-0.05, 0) is 38.1 Å². The summed E-state index contributed by atoms with van der Waals surface area (Å²) in [5.74, 6) is 0.610. The first-order chi connectivity index (χ1) is 8.43. The van der Waals surface area contributed by atoms with E-state index in [2.05, 4.69) is 26.0 Å². The van der Waals surface area contributed by atoms with Crippen LogP contribution in [-0.2, 0) is 0 Å². The zero-order chi connectivity index (χ0) is 11.5. The SMILES string of the molecule is c1cc(-n2cnc(C3CCNCC3)c2)ccn1. The quantitative estimate of drug-likeness (QED) is 0.851. The van der Waals surface area contributed by atoms with E-state index in [1.807, 2.05) is 18.5 Å². The Hall–Kier alpha value is -1.68. The molecule has 1 aliphatic rings. The molecular formula is C13H16N4. The smallest absolute Gasteiger partial charge is 0.0995 e. The van der Waals surface area contributed by atoms with Crippen molar-refractivity contribution in [3.63, 3.8) is 0 Å². The van der Waals surface area contributed by atoms with E-state index in [1.165, 1.54) is 18.5 Å². The van der Waals surface area contributed by atoms with Crippen LogP contribution in [0, 0.1) is 0 Å². The van der Waals surface area contributed by atoms with Gasteiger partial charge in [-0.2, -0.15) is 0 Å². The summed E-state index contributed by atoms with van der Waals surface area (Å²) in [4.78, 5) is 8.56. The first-order valence-electron chi connectivity index (χ1n) is 6.08. The minimum absolute atomic E-state index is 0.610. The summed E-state index contributed by atoms with van der Waals surface area (Å²) in [5, 5.41) is 3.38. The second kappa shape index (κ2) is 4.67. The van der Waals surface area contributed by atoms with E-state index in [4.69, 9.17) is 0 Å². The highest BCUT2D eigenvalue weighted by Crippen LogP contribution is 2.24. The molecule has 0 atom stereocenters. The molecule has 1 aliphatic heterocycles. The molecular weight excluding hydrogens is 212 g/mol. The van der Waals surface area contributed by atoms with Gasteiger partial charge in [0, 0.05) is 30.2 Å². The average molecular weight is 228 g/mol. The lowest BCUT2D eigenvalue weighted by Crippen LogP contribution is -2.26. The molecule has 0 amide bonds. The normalized spacial score (nSPS) is 17.2. The molecule has 2 aromatic rings. The molecule has 0 radical (unpaired) electrons. The van der Waals surface area contributed by atoms with Gasteiger partial charge in [0.2, 0.25) is 0 Å². The fraction of sp³-hybridized carbons (Fsp3) is 0.385. The lowest BCUT2D eigenvalue weighted by Gasteiger charge is -2.20. The van der Waals surface area contributed by atoms with Crippen LogP contribution in [0.3, 0.4) is 0 Å². The summed E-state index contributed by atoms with van der Waals surface area (Å²) in [6.45, 7) is 2.21. The highest BCUT2D eigenvalue weighted by molar-refractivity contribution is 5.29. The first-order valence-corrected chi connectivity index (χ1v) is 6.08. The van der Waals surface area contributed by atoms with Gasteiger partial charge in [0.25, 0.3) is 0 Å². The van der Waals surface area contributed by atoms with E-state index >= 15 is 0 Å². The lowest BCUT2D eigenvalue weighted by molar-refractivity contribution is 0.454. The third kappa shape index (κ3) is 2.22. The fourth-order valence-electron chi connectivity index (χ4n) is 2.32. The van der Waals surface area contributed by atoms with Crippen molar-refractivity contribution in [2.75, 3.05) is 13.1 Å². The largest absolute Gasteiger partial charge is 0.317 e. The van der Waals surface area contributed by atoms with Gasteiger partial charge in [0.15, 0.2) is 0 Å². The number of pyridine rings is 1. The van der Waals surface area contributed by atoms with Crippen LogP contribution in [0.5, 0.6) is 0 Å². The van der Waals surface area contributed by atoms with Gasteiger partial charge >= 0.3 is 0 Å². The van der Waals surface area contributed by atoms with E-state index in [0.29, 0.717) is 5.92 Å². The predicted molar refractivity (Wildman–Crippen MR) is 66.2 cm³/mol. The van der Waals surface area contributed by atoms with E-state index in [1.54, 1.807) is 12.4 Å². The van der Waals surface area contributed by atoms with Gasteiger partial charge < -0.3 is 9.88 Å². The lowest BCUT2D eigenvalue weighted by atomic mass is 9.95. The van der Waals surface area contributed by atoms with Crippen molar-refractivity contribution in [3.05, 3.63) is 42.7 Å². The Bertz CT molecular complexity index is 471. The zero-order valence-corrected chi connectivity index (χ0v) is 9.71. The Labute approximate surface area is 101 Å². The third-order valence-corrected chi connectivity index (χ3v) is 3.32. The minimum atomic E-state index is 0.610. The standard InChI is InChI=1S/C13H16N4/c1-5-14-6-2-11(1)13-9-17(10-16-13)12-3-7-15-8-4-12/h3-4,7-11,14H,1-2,5-6H2. The number of piperidine rings is 1. The van der Waals surface area contributed by atoms with Crippen molar-refractivity contribution < 1.29 is 0 Å². The molecule has 0 aliphatic carbocycles. The first kappa shape index (κ1) is 10.5. The van der Waals surface area contributed by atoms with Crippen molar-refractivity contribution in [1.29, 1.82) is 0 Å². The van der Waals surface area contributed by atoms with E-state index < -0.39 is 0 Å². The second-order valence-electron chi connectivity index (χ2n) is 4.44. The van der Waals surface area contributed by atoms with Gasteiger partial charge in [-0.3, -0.25) is 4.98 Å². The van der Waals surface area contributed by atoms with Crippen LogP contribution in [0.15, 0.2) is 37.1 Å². The number of rotatable bonds is 2. The number of imidazole rings is 1. The van der Waals surface area contributed by atoms with Crippen molar-refractivity contribution in [2.24, 2.45) is 0 Å². The van der Waals surface area contributed by atoms with Crippen LogP contribution in [0.2, 0.25) is 0 Å². The van der Waals surface area contributed by atoms with Crippen LogP contribution >= 0.6 is 0 Å². The average Bonchev–Trinajstić information content (AvgIpc) is 2.90. The molecule has 2 aromatic heterocycles. The molecule has 0 aromatic carbocycles. The molecule has 17 heavy (non-hydrogen) atoms. The van der Waals surface area contributed by atoms with E-state index in [0.717, 1.165) is 18.8 Å². The van der Waals surface area contributed by atoms with Crippen molar-refractivity contribution >= 4 is 0 Å². The van der Waals surface area contributed by atoms with Crippen molar-refractivity contribution in [3.8, 4) is 5.69 Å². The van der Waals surface area contributed by atoms with Crippen LogP contribution in [0.1, 0.15) is 24.5 Å². The topological polar surface area (TPSA) is 42.7 Å². The number of nitrogens with zero attached hydrogens (tertiary/aromatic N) is 3. The molecule has 0 bridgehead atoms. The molecule has 3 rings (SSSR count). The van der Waals surface area contributed by atoms with Crippen molar-refractivity contribution in [1.82, 2.24) is 19.9 Å². The summed E-state index contributed by atoms with van der Waals surface area (Å²) in [5.41, 5.74) is 2.33. The van der Waals surface area contributed by atoms with Gasteiger partial charge in [-0.1, -0.05) is 0 Å². The Morgan fingerprint density at radius 1 is 1.18 bits per heavy atom. The van der Waals surface area contributed by atoms with Gasteiger partial charge in [0.05, 0.1) is 12.0 Å². The summed E-state index contributed by atoms with van der Waals surface area (Å²) in [7, 11) is 0. The van der Waals surface area contributed by atoms with Crippen LogP contribution in [0.4, 0.5) is 0 Å². The molecule has 0 unspecified atom stereocenters.